The summed E-state index contributed by atoms with van der Waals surface area (Å²) in [6, 6.07) is 1.89. The zero-order valence-electron chi connectivity index (χ0n) is 11.6. The summed E-state index contributed by atoms with van der Waals surface area (Å²) >= 11 is 5.17. The first-order chi connectivity index (χ1) is 8.69. The van der Waals surface area contributed by atoms with Gasteiger partial charge in [0.1, 0.15) is 16.3 Å². The van der Waals surface area contributed by atoms with Crippen LogP contribution in [-0.4, -0.2) is 41.0 Å². The van der Waals surface area contributed by atoms with Crippen LogP contribution in [0.15, 0.2) is 6.07 Å². The Labute approximate surface area is 115 Å². The van der Waals surface area contributed by atoms with Crippen molar-refractivity contribution in [2.45, 2.75) is 33.6 Å². The molecule has 1 aromatic rings. The van der Waals surface area contributed by atoms with Crippen LogP contribution in [0.2, 0.25) is 0 Å². The highest BCUT2D eigenvalue weighted by molar-refractivity contribution is 7.71. The van der Waals surface area contributed by atoms with Gasteiger partial charge in [-0.15, -0.1) is 0 Å². The van der Waals surface area contributed by atoms with Crippen LogP contribution in [-0.2, 0) is 6.42 Å². The molecule has 0 bridgehead atoms. The molecule has 0 unspecified atom stereocenters. The number of anilines is 1. The van der Waals surface area contributed by atoms with Gasteiger partial charge in [-0.1, -0.05) is 33.0 Å². The lowest BCUT2D eigenvalue weighted by atomic mass is 10.3. The van der Waals surface area contributed by atoms with E-state index in [4.69, 9.17) is 12.2 Å². The minimum atomic E-state index is 0.655. The number of nitrogens with zero attached hydrogens (tertiary/aromatic N) is 2. The van der Waals surface area contributed by atoms with Gasteiger partial charge in [0.05, 0.1) is 0 Å². The van der Waals surface area contributed by atoms with Crippen molar-refractivity contribution in [1.29, 1.82) is 0 Å². The molecule has 0 aliphatic heterocycles. The van der Waals surface area contributed by atoms with E-state index in [0.717, 1.165) is 50.7 Å². The fourth-order valence-electron chi connectivity index (χ4n) is 1.85. The number of aromatic amines is 1. The molecule has 5 heteroatoms. The maximum absolute atomic E-state index is 5.17. The summed E-state index contributed by atoms with van der Waals surface area (Å²) in [6.45, 7) is 10.6. The van der Waals surface area contributed by atoms with Gasteiger partial charge in [0.2, 0.25) is 0 Å². The van der Waals surface area contributed by atoms with Gasteiger partial charge in [-0.2, -0.15) is 0 Å². The van der Waals surface area contributed by atoms with Crippen molar-refractivity contribution in [2.24, 2.45) is 0 Å². The summed E-state index contributed by atoms with van der Waals surface area (Å²) < 4.78 is 0.655. The molecule has 2 N–H and O–H groups in total. The van der Waals surface area contributed by atoms with Crippen molar-refractivity contribution in [3.05, 3.63) is 16.5 Å². The van der Waals surface area contributed by atoms with E-state index in [1.807, 2.05) is 6.07 Å². The van der Waals surface area contributed by atoms with E-state index in [1.54, 1.807) is 0 Å². The Bertz CT molecular complexity index is 398. The van der Waals surface area contributed by atoms with Gasteiger partial charge in [-0.05, 0) is 19.5 Å². The first kappa shape index (κ1) is 15.1. The van der Waals surface area contributed by atoms with Crippen LogP contribution in [0.25, 0.3) is 0 Å². The van der Waals surface area contributed by atoms with Crippen molar-refractivity contribution in [3.63, 3.8) is 0 Å². The first-order valence-corrected chi connectivity index (χ1v) is 7.16. The van der Waals surface area contributed by atoms with Gasteiger partial charge in [0, 0.05) is 25.6 Å². The Morgan fingerprint density at radius 3 is 2.67 bits per heavy atom. The summed E-state index contributed by atoms with van der Waals surface area (Å²) in [7, 11) is 0. The van der Waals surface area contributed by atoms with Gasteiger partial charge in [-0.25, -0.2) is 4.98 Å². The smallest absolute Gasteiger partial charge is 0.131 e. The molecule has 0 atom stereocenters. The molecule has 0 amide bonds. The monoisotopic (exact) mass is 268 g/mol. The molecule has 0 saturated heterocycles. The van der Waals surface area contributed by atoms with Crippen LogP contribution < -0.4 is 5.32 Å². The minimum Gasteiger partial charge on any atom is -0.370 e. The zero-order chi connectivity index (χ0) is 13.4. The zero-order valence-corrected chi connectivity index (χ0v) is 12.4. The van der Waals surface area contributed by atoms with Crippen LogP contribution in [0.3, 0.4) is 0 Å². The predicted octanol–water partition coefficient (Wildman–Crippen LogP) is 2.85. The van der Waals surface area contributed by atoms with Crippen molar-refractivity contribution in [1.82, 2.24) is 14.9 Å². The highest BCUT2D eigenvalue weighted by Crippen LogP contribution is 2.05. The van der Waals surface area contributed by atoms with Crippen LogP contribution in [0, 0.1) is 4.64 Å². The molecule has 1 heterocycles. The molecule has 102 valence electrons. The van der Waals surface area contributed by atoms with Gasteiger partial charge in [0.25, 0.3) is 0 Å². The summed E-state index contributed by atoms with van der Waals surface area (Å²) in [5, 5.41) is 3.38. The number of H-pyrrole nitrogens is 1. The lowest BCUT2D eigenvalue weighted by Crippen LogP contribution is -2.28. The maximum atomic E-state index is 5.17. The Morgan fingerprint density at radius 2 is 2.06 bits per heavy atom. The van der Waals surface area contributed by atoms with E-state index in [0.29, 0.717) is 4.64 Å². The summed E-state index contributed by atoms with van der Waals surface area (Å²) in [5.74, 6) is 1.95. The molecule has 0 saturated carbocycles. The Kier molecular flexibility index (Phi) is 6.90. The molecule has 0 aromatic carbocycles. The quantitative estimate of drug-likeness (QED) is 0.712. The number of hydrogen-bond acceptors (Lipinski definition) is 4. The molecular formula is C13H24N4S. The lowest BCUT2D eigenvalue weighted by molar-refractivity contribution is 0.316. The van der Waals surface area contributed by atoms with E-state index in [2.05, 4.69) is 41.0 Å². The second kappa shape index (κ2) is 8.21. The Hall–Kier alpha value is -0.940. The second-order valence-corrected chi connectivity index (χ2v) is 4.70. The van der Waals surface area contributed by atoms with Crippen molar-refractivity contribution >= 4 is 18.0 Å². The molecule has 0 spiro atoms. The normalized spacial score (nSPS) is 10.9. The maximum Gasteiger partial charge on any atom is 0.131 e. The number of likely N-dealkylation sites (N-methyl/N-ethyl adjacent to an activating group) is 1. The summed E-state index contributed by atoms with van der Waals surface area (Å²) in [6.07, 6.45) is 2.01. The van der Waals surface area contributed by atoms with Gasteiger partial charge in [0.15, 0.2) is 0 Å². The van der Waals surface area contributed by atoms with Gasteiger partial charge >= 0.3 is 0 Å². The Morgan fingerprint density at radius 1 is 1.33 bits per heavy atom. The first-order valence-electron chi connectivity index (χ1n) is 6.76. The average Bonchev–Trinajstić information content (AvgIpc) is 2.34. The summed E-state index contributed by atoms with van der Waals surface area (Å²) in [4.78, 5) is 9.98. The summed E-state index contributed by atoms with van der Waals surface area (Å²) in [5.41, 5.74) is 0. The van der Waals surface area contributed by atoms with E-state index in [9.17, 15) is 0 Å². The molecule has 0 aliphatic carbocycles. The molecule has 18 heavy (non-hydrogen) atoms. The molecule has 4 nitrogen and oxygen atoms in total. The average molecular weight is 268 g/mol. The van der Waals surface area contributed by atoms with E-state index >= 15 is 0 Å². The number of aromatic nitrogens is 2. The van der Waals surface area contributed by atoms with Crippen LogP contribution in [0.4, 0.5) is 5.82 Å². The molecule has 1 aromatic heterocycles. The molecule has 0 radical (unpaired) electrons. The number of rotatable bonds is 8. The second-order valence-electron chi connectivity index (χ2n) is 4.28. The number of hydrogen-bond donors (Lipinski definition) is 2. The fraction of sp³-hybridized carbons (Fsp3) is 0.692. The fourth-order valence-corrected chi connectivity index (χ4v) is 2.08. The highest BCUT2D eigenvalue weighted by atomic mass is 32.1. The van der Waals surface area contributed by atoms with Crippen molar-refractivity contribution in [3.8, 4) is 0 Å². The van der Waals surface area contributed by atoms with Crippen molar-refractivity contribution in [2.75, 3.05) is 31.5 Å². The molecule has 0 fully saturated rings. The van der Waals surface area contributed by atoms with Crippen LogP contribution >= 0.6 is 12.2 Å². The molecule has 1 rings (SSSR count). The van der Waals surface area contributed by atoms with Crippen LogP contribution in [0.5, 0.6) is 0 Å². The lowest BCUT2D eigenvalue weighted by Gasteiger charge is -2.18. The Balaban J connectivity index is 2.53. The third-order valence-electron chi connectivity index (χ3n) is 2.92. The highest BCUT2D eigenvalue weighted by Gasteiger charge is 2.00. The topological polar surface area (TPSA) is 44.0 Å². The number of nitrogens with one attached hydrogen (secondary N) is 2. The van der Waals surface area contributed by atoms with E-state index in [-0.39, 0.29) is 0 Å². The minimum absolute atomic E-state index is 0.655. The predicted molar refractivity (Wildman–Crippen MR) is 79.7 cm³/mol. The van der Waals surface area contributed by atoms with Gasteiger partial charge < -0.3 is 15.2 Å². The SMILES string of the molecule is CCCc1nc(=S)cc(NCCN(CC)CC)[nH]1. The molecule has 0 aliphatic rings. The van der Waals surface area contributed by atoms with Gasteiger partial charge in [-0.3, -0.25) is 0 Å². The standard InChI is InChI=1S/C13H24N4S/c1-4-7-11-15-12(10-13(18)16-11)14-8-9-17(5-2)6-3/h10H,4-9H2,1-3H3,(H2,14,15,16,18). The third kappa shape index (κ3) is 5.14. The number of aryl methyl sites for hydroxylation is 1. The molecular weight excluding hydrogens is 244 g/mol. The third-order valence-corrected chi connectivity index (χ3v) is 3.13. The van der Waals surface area contributed by atoms with Crippen LogP contribution in [0.1, 0.15) is 33.0 Å². The van der Waals surface area contributed by atoms with E-state index in [1.165, 1.54) is 0 Å². The van der Waals surface area contributed by atoms with E-state index < -0.39 is 0 Å². The van der Waals surface area contributed by atoms with Crippen molar-refractivity contribution < 1.29 is 0 Å². The largest absolute Gasteiger partial charge is 0.370 e.